The molecule has 170 valence electrons. The first-order valence-corrected chi connectivity index (χ1v) is 13.4. The maximum absolute atomic E-state index is 7.06. The summed E-state index contributed by atoms with van der Waals surface area (Å²) in [7, 11) is 0. The summed E-state index contributed by atoms with van der Waals surface area (Å²) in [5.74, 6) is 5.21. The van der Waals surface area contributed by atoms with Crippen molar-refractivity contribution in [3.63, 3.8) is 0 Å². The minimum atomic E-state index is 0.322. The molecule has 0 aliphatic heterocycles. The Labute approximate surface area is 187 Å². The highest BCUT2D eigenvalue weighted by Crippen LogP contribution is 2.75. The lowest BCUT2D eigenvalue weighted by Crippen LogP contribution is -2.68. The topological polar surface area (TPSA) is 26.0 Å². The lowest BCUT2D eigenvalue weighted by atomic mass is 9.32. The number of hydrogen-bond acceptors (Lipinski definition) is 1. The highest BCUT2D eigenvalue weighted by atomic mass is 14.8. The second kappa shape index (κ2) is 6.61. The fourth-order valence-electron chi connectivity index (χ4n) is 11.2. The molecule has 0 bridgehead atoms. The van der Waals surface area contributed by atoms with E-state index in [0.717, 1.165) is 35.5 Å². The van der Waals surface area contributed by atoms with Crippen molar-refractivity contribution in [2.75, 3.05) is 0 Å². The Balaban J connectivity index is 1.55. The summed E-state index contributed by atoms with van der Waals surface area (Å²) in [4.78, 5) is 0. The first kappa shape index (κ1) is 21.5. The third kappa shape index (κ3) is 2.51. The lowest BCUT2D eigenvalue weighted by molar-refractivity contribution is -0.232. The number of hydrogen-bond donors (Lipinski definition) is 1. The van der Waals surface area contributed by atoms with E-state index in [0.29, 0.717) is 27.7 Å². The van der Waals surface area contributed by atoms with Crippen molar-refractivity contribution in [2.24, 2.45) is 62.9 Å². The minimum Gasteiger partial charge on any atom is -0.327 e. The second-order valence-corrected chi connectivity index (χ2v) is 14.1. The molecule has 0 spiro atoms. The fourth-order valence-corrected chi connectivity index (χ4v) is 11.2. The summed E-state index contributed by atoms with van der Waals surface area (Å²) in [5, 5.41) is 0. The van der Waals surface area contributed by atoms with Crippen LogP contribution in [-0.2, 0) is 0 Å². The Morgan fingerprint density at radius 1 is 0.767 bits per heavy atom. The first-order valence-electron chi connectivity index (χ1n) is 13.4. The summed E-state index contributed by atoms with van der Waals surface area (Å²) in [6.07, 6.45) is 14.1. The van der Waals surface area contributed by atoms with Crippen molar-refractivity contribution in [1.29, 1.82) is 0 Å². The van der Waals surface area contributed by atoms with Crippen molar-refractivity contribution in [2.45, 2.75) is 112 Å². The van der Waals surface area contributed by atoms with Crippen LogP contribution in [-0.4, -0.2) is 6.04 Å². The first-order chi connectivity index (χ1) is 14.0. The molecule has 5 aliphatic rings. The van der Waals surface area contributed by atoms with Crippen molar-refractivity contribution < 1.29 is 0 Å². The Kier molecular flexibility index (Phi) is 4.75. The van der Waals surface area contributed by atoms with Gasteiger partial charge in [-0.3, -0.25) is 0 Å². The summed E-state index contributed by atoms with van der Waals surface area (Å²) in [6.45, 7) is 20.0. The molecule has 1 nitrogen and oxygen atoms in total. The zero-order valence-electron chi connectivity index (χ0n) is 20.9. The highest BCUT2D eigenvalue weighted by molar-refractivity contribution is 5.20. The van der Waals surface area contributed by atoms with Crippen LogP contribution in [0.5, 0.6) is 0 Å². The van der Waals surface area contributed by atoms with E-state index >= 15 is 0 Å². The van der Waals surface area contributed by atoms with Crippen LogP contribution in [0, 0.1) is 57.2 Å². The van der Waals surface area contributed by atoms with Gasteiger partial charge in [-0.2, -0.15) is 0 Å². The molecule has 0 amide bonds. The quantitative estimate of drug-likeness (QED) is 0.442. The third-order valence-electron chi connectivity index (χ3n) is 12.9. The van der Waals surface area contributed by atoms with Gasteiger partial charge in [0.25, 0.3) is 0 Å². The van der Waals surface area contributed by atoms with E-state index in [4.69, 9.17) is 5.73 Å². The zero-order valence-corrected chi connectivity index (χ0v) is 20.9. The summed E-state index contributed by atoms with van der Waals surface area (Å²) < 4.78 is 0. The molecule has 10 atom stereocenters. The summed E-state index contributed by atoms with van der Waals surface area (Å²) >= 11 is 0. The molecule has 0 aromatic heterocycles. The van der Waals surface area contributed by atoms with E-state index < -0.39 is 0 Å². The van der Waals surface area contributed by atoms with Gasteiger partial charge in [0.1, 0.15) is 0 Å². The molecule has 30 heavy (non-hydrogen) atoms. The number of allylic oxidation sites excluding steroid dienone is 1. The van der Waals surface area contributed by atoms with Crippen LogP contribution in [0.2, 0.25) is 0 Å². The molecule has 5 rings (SSSR count). The van der Waals surface area contributed by atoms with Gasteiger partial charge in [-0.1, -0.05) is 46.8 Å². The zero-order chi connectivity index (χ0) is 21.7. The standard InChI is InChI=1S/C29H49N/c1-18(2)20-9-8-19-12-16-27(5)21(25(19)20)10-11-23-28(27,6)17-13-22-26(3,4)15-14-24(30)29(22,23)7/h19-25H,1,8-17,30H2,2-7H3/t19-,20+,21-,22+,23+,24?,25-,27-,28-,29+/m1/s1. The molecular formula is C29H49N. The predicted molar refractivity (Wildman–Crippen MR) is 128 cm³/mol. The molecule has 0 radical (unpaired) electrons. The fraction of sp³-hybridized carbons (Fsp3) is 0.931. The molecule has 2 N–H and O–H groups in total. The molecule has 0 aromatic carbocycles. The largest absolute Gasteiger partial charge is 0.327 e. The highest BCUT2D eigenvalue weighted by Gasteiger charge is 2.69. The van der Waals surface area contributed by atoms with Gasteiger partial charge >= 0.3 is 0 Å². The van der Waals surface area contributed by atoms with Crippen LogP contribution < -0.4 is 5.73 Å². The van der Waals surface area contributed by atoms with Crippen LogP contribution in [0.4, 0.5) is 0 Å². The average Bonchev–Trinajstić information content (AvgIpc) is 3.10. The van der Waals surface area contributed by atoms with Gasteiger partial charge in [-0.25, -0.2) is 0 Å². The van der Waals surface area contributed by atoms with Crippen molar-refractivity contribution in [3.8, 4) is 0 Å². The molecule has 5 fully saturated rings. The molecule has 5 aliphatic carbocycles. The summed E-state index contributed by atoms with van der Waals surface area (Å²) in [6, 6.07) is 0.395. The third-order valence-corrected chi connectivity index (χ3v) is 12.9. The normalized spacial score (nSPS) is 57.0. The van der Waals surface area contributed by atoms with Gasteiger partial charge in [-0.05, 0) is 128 Å². The van der Waals surface area contributed by atoms with Gasteiger partial charge in [0.15, 0.2) is 0 Å². The Bertz CT molecular complexity index is 722. The van der Waals surface area contributed by atoms with E-state index in [1.807, 2.05) is 0 Å². The van der Waals surface area contributed by atoms with E-state index in [-0.39, 0.29) is 0 Å². The maximum atomic E-state index is 7.06. The Hall–Kier alpha value is -0.300. The molecule has 0 heterocycles. The van der Waals surface area contributed by atoms with Crippen LogP contribution in [0.1, 0.15) is 106 Å². The molecule has 5 saturated carbocycles. The van der Waals surface area contributed by atoms with Gasteiger partial charge in [0.05, 0.1) is 0 Å². The monoisotopic (exact) mass is 411 g/mol. The molecule has 0 aromatic rings. The molecule has 1 heteroatoms. The van der Waals surface area contributed by atoms with Gasteiger partial charge in [-0.15, -0.1) is 0 Å². The second-order valence-electron chi connectivity index (χ2n) is 14.1. The van der Waals surface area contributed by atoms with E-state index in [1.165, 1.54) is 69.8 Å². The van der Waals surface area contributed by atoms with Crippen molar-refractivity contribution in [3.05, 3.63) is 12.2 Å². The van der Waals surface area contributed by atoms with Crippen LogP contribution in [0.3, 0.4) is 0 Å². The molecule has 0 saturated heterocycles. The van der Waals surface area contributed by atoms with E-state index in [9.17, 15) is 0 Å². The van der Waals surface area contributed by atoms with Gasteiger partial charge in [0.2, 0.25) is 0 Å². The van der Waals surface area contributed by atoms with Crippen LogP contribution >= 0.6 is 0 Å². The van der Waals surface area contributed by atoms with Crippen molar-refractivity contribution in [1.82, 2.24) is 0 Å². The number of nitrogens with two attached hydrogens (primary N) is 1. The number of fused-ring (bicyclic) bond motifs is 7. The number of rotatable bonds is 1. The van der Waals surface area contributed by atoms with Crippen LogP contribution in [0.25, 0.3) is 0 Å². The molecular weight excluding hydrogens is 362 g/mol. The average molecular weight is 412 g/mol. The van der Waals surface area contributed by atoms with Gasteiger partial charge in [0, 0.05) is 6.04 Å². The molecule has 1 unspecified atom stereocenters. The Morgan fingerprint density at radius 2 is 1.47 bits per heavy atom. The SMILES string of the molecule is C=C(C)[C@@H]1CC[C@@H]2CC[C@]3(C)[C@H](CC[C@@H]4[C@@]5(C)C(N)CCC(C)(C)[C@@H]5CC[C@]43C)[C@H]21. The Morgan fingerprint density at radius 3 is 2.17 bits per heavy atom. The van der Waals surface area contributed by atoms with E-state index in [2.05, 4.69) is 48.1 Å². The summed E-state index contributed by atoms with van der Waals surface area (Å²) in [5.41, 5.74) is 10.3. The van der Waals surface area contributed by atoms with Gasteiger partial charge < -0.3 is 5.73 Å². The van der Waals surface area contributed by atoms with Crippen molar-refractivity contribution >= 4 is 0 Å². The minimum absolute atomic E-state index is 0.322. The predicted octanol–water partition coefficient (Wildman–Crippen LogP) is 7.60. The van der Waals surface area contributed by atoms with Crippen LogP contribution in [0.15, 0.2) is 12.2 Å². The van der Waals surface area contributed by atoms with E-state index in [1.54, 1.807) is 0 Å². The smallest absolute Gasteiger partial charge is 0.00988 e. The lowest BCUT2D eigenvalue weighted by Gasteiger charge is -2.72. The maximum Gasteiger partial charge on any atom is 0.00988 e.